The van der Waals surface area contributed by atoms with Crippen LogP contribution in [0.25, 0.3) is 6.08 Å². The first kappa shape index (κ1) is 19.7. The van der Waals surface area contributed by atoms with Crippen LogP contribution >= 0.6 is 11.6 Å². The van der Waals surface area contributed by atoms with E-state index >= 15 is 0 Å². The third kappa shape index (κ3) is 4.95. The normalized spacial score (nSPS) is 12.2. The summed E-state index contributed by atoms with van der Waals surface area (Å²) in [7, 11) is 1.71. The summed E-state index contributed by atoms with van der Waals surface area (Å²) in [5, 5.41) is 7.30. The van der Waals surface area contributed by atoms with Crippen LogP contribution in [0.1, 0.15) is 30.7 Å². The van der Waals surface area contributed by atoms with E-state index < -0.39 is 18.0 Å². The van der Waals surface area contributed by atoms with Gasteiger partial charge in [-0.3, -0.25) is 9.48 Å². The molecule has 0 spiro atoms. The van der Waals surface area contributed by atoms with Crippen LogP contribution in [0.2, 0.25) is 5.15 Å². The molecule has 1 aromatic heterocycles. The van der Waals surface area contributed by atoms with E-state index in [0.29, 0.717) is 22.1 Å². The standard InChI is InChI=1S/C19H22ClN3O3/c1-5-14-6-8-15(9-7-14)21-19(25)13(3)26-17(24)11-10-16-12(2)22-23(4)18(16)20/h6-11,13H,5H2,1-4H3,(H,21,25)/b11-10+. The lowest BCUT2D eigenvalue weighted by atomic mass is 10.1. The van der Waals surface area contributed by atoms with E-state index in [4.69, 9.17) is 16.3 Å². The first-order chi connectivity index (χ1) is 12.3. The Morgan fingerprint density at radius 1 is 1.35 bits per heavy atom. The number of anilines is 1. The largest absolute Gasteiger partial charge is 0.449 e. The second kappa shape index (κ2) is 8.67. The number of hydrogen-bond acceptors (Lipinski definition) is 4. The third-order valence-corrected chi connectivity index (χ3v) is 4.32. The van der Waals surface area contributed by atoms with Crippen molar-refractivity contribution in [2.24, 2.45) is 7.05 Å². The number of aromatic nitrogens is 2. The maximum Gasteiger partial charge on any atom is 0.331 e. The summed E-state index contributed by atoms with van der Waals surface area (Å²) in [6.07, 6.45) is 2.76. The predicted molar refractivity (Wildman–Crippen MR) is 102 cm³/mol. The summed E-state index contributed by atoms with van der Waals surface area (Å²) >= 11 is 6.10. The Balaban J connectivity index is 1.92. The lowest BCUT2D eigenvalue weighted by Gasteiger charge is -2.12. The first-order valence-electron chi connectivity index (χ1n) is 8.29. The molecule has 1 N–H and O–H groups in total. The zero-order valence-corrected chi connectivity index (χ0v) is 16.0. The van der Waals surface area contributed by atoms with Gasteiger partial charge in [-0.1, -0.05) is 30.7 Å². The van der Waals surface area contributed by atoms with Crippen molar-refractivity contribution in [1.29, 1.82) is 0 Å². The van der Waals surface area contributed by atoms with E-state index in [1.807, 2.05) is 24.3 Å². The van der Waals surface area contributed by atoms with E-state index in [1.54, 1.807) is 14.0 Å². The molecule has 0 bridgehead atoms. The van der Waals surface area contributed by atoms with E-state index in [-0.39, 0.29) is 0 Å². The summed E-state index contributed by atoms with van der Waals surface area (Å²) in [5.41, 5.74) is 3.17. The average Bonchev–Trinajstić information content (AvgIpc) is 2.85. The fourth-order valence-electron chi connectivity index (χ4n) is 2.32. The minimum absolute atomic E-state index is 0.397. The second-order valence-electron chi connectivity index (χ2n) is 5.87. The van der Waals surface area contributed by atoms with Crippen LogP contribution in [0.4, 0.5) is 5.69 Å². The van der Waals surface area contributed by atoms with Crippen molar-refractivity contribution in [3.8, 4) is 0 Å². The average molecular weight is 376 g/mol. The number of nitrogens with zero attached hydrogens (tertiary/aromatic N) is 2. The van der Waals surface area contributed by atoms with Crippen LogP contribution in [-0.4, -0.2) is 27.8 Å². The Kier molecular flexibility index (Phi) is 6.58. The minimum Gasteiger partial charge on any atom is -0.449 e. The number of carbonyl (C=O) groups is 2. The van der Waals surface area contributed by atoms with Crippen molar-refractivity contribution < 1.29 is 14.3 Å². The molecule has 1 atom stereocenters. The van der Waals surface area contributed by atoms with Gasteiger partial charge in [-0.25, -0.2) is 4.79 Å². The summed E-state index contributed by atoms with van der Waals surface area (Å²) in [5.74, 6) is -1.03. The predicted octanol–water partition coefficient (Wildman–Crippen LogP) is 3.53. The highest BCUT2D eigenvalue weighted by molar-refractivity contribution is 6.31. The molecular formula is C19H22ClN3O3. The smallest absolute Gasteiger partial charge is 0.331 e. The van der Waals surface area contributed by atoms with Gasteiger partial charge in [0, 0.05) is 24.4 Å². The summed E-state index contributed by atoms with van der Waals surface area (Å²) in [6.45, 7) is 5.36. The zero-order valence-electron chi connectivity index (χ0n) is 15.2. The fraction of sp³-hybridized carbons (Fsp3) is 0.316. The molecule has 138 valence electrons. The molecule has 2 rings (SSSR count). The van der Waals surface area contributed by atoms with Crippen LogP contribution in [0.5, 0.6) is 0 Å². The molecule has 1 amide bonds. The Labute approximate surface area is 157 Å². The number of benzene rings is 1. The first-order valence-corrected chi connectivity index (χ1v) is 8.67. The molecule has 1 unspecified atom stereocenters. The number of rotatable bonds is 6. The SMILES string of the molecule is CCc1ccc(NC(=O)C(C)OC(=O)/C=C/c2c(C)nn(C)c2Cl)cc1. The van der Waals surface area contributed by atoms with Crippen molar-refractivity contribution in [2.45, 2.75) is 33.3 Å². The van der Waals surface area contributed by atoms with Gasteiger partial charge in [-0.15, -0.1) is 0 Å². The van der Waals surface area contributed by atoms with Gasteiger partial charge >= 0.3 is 5.97 Å². The summed E-state index contributed by atoms with van der Waals surface area (Å²) in [4.78, 5) is 24.1. The number of ether oxygens (including phenoxy) is 1. The van der Waals surface area contributed by atoms with Crippen molar-refractivity contribution in [3.05, 3.63) is 52.3 Å². The molecule has 26 heavy (non-hydrogen) atoms. The van der Waals surface area contributed by atoms with Crippen LogP contribution in [0, 0.1) is 6.92 Å². The molecule has 1 aromatic carbocycles. The van der Waals surface area contributed by atoms with Crippen molar-refractivity contribution in [1.82, 2.24) is 9.78 Å². The molecule has 0 aliphatic heterocycles. The fourth-order valence-corrected chi connectivity index (χ4v) is 2.56. The number of hydrogen-bond donors (Lipinski definition) is 1. The lowest BCUT2D eigenvalue weighted by Crippen LogP contribution is -2.29. The van der Waals surface area contributed by atoms with Crippen molar-refractivity contribution in [2.75, 3.05) is 5.32 Å². The molecule has 2 aromatic rings. The second-order valence-corrected chi connectivity index (χ2v) is 6.22. The molecule has 0 aliphatic carbocycles. The number of aryl methyl sites for hydroxylation is 3. The Morgan fingerprint density at radius 3 is 2.54 bits per heavy atom. The Morgan fingerprint density at radius 2 is 2.00 bits per heavy atom. The molecular weight excluding hydrogens is 354 g/mol. The number of esters is 1. The van der Waals surface area contributed by atoms with Gasteiger partial charge in [0.05, 0.1) is 5.69 Å². The van der Waals surface area contributed by atoms with Gasteiger partial charge < -0.3 is 10.1 Å². The summed E-state index contributed by atoms with van der Waals surface area (Å²) in [6, 6.07) is 7.51. The molecule has 0 fully saturated rings. The van der Waals surface area contributed by atoms with Gasteiger partial charge in [0.2, 0.25) is 0 Å². The van der Waals surface area contributed by atoms with Crippen LogP contribution in [0.15, 0.2) is 30.3 Å². The lowest BCUT2D eigenvalue weighted by molar-refractivity contribution is -0.148. The van der Waals surface area contributed by atoms with E-state index in [9.17, 15) is 9.59 Å². The van der Waals surface area contributed by atoms with E-state index in [2.05, 4.69) is 17.3 Å². The van der Waals surface area contributed by atoms with Gasteiger partial charge in [-0.2, -0.15) is 5.10 Å². The van der Waals surface area contributed by atoms with Gasteiger partial charge in [0.15, 0.2) is 6.10 Å². The topological polar surface area (TPSA) is 73.2 Å². The summed E-state index contributed by atoms with van der Waals surface area (Å²) < 4.78 is 6.65. The zero-order chi connectivity index (χ0) is 19.3. The van der Waals surface area contributed by atoms with E-state index in [1.165, 1.54) is 29.3 Å². The van der Waals surface area contributed by atoms with Crippen LogP contribution in [0.3, 0.4) is 0 Å². The maximum absolute atomic E-state index is 12.1. The molecule has 0 aliphatic rings. The number of halogens is 1. The Hall–Kier alpha value is -2.60. The molecule has 0 radical (unpaired) electrons. The third-order valence-electron chi connectivity index (χ3n) is 3.87. The number of amides is 1. The number of nitrogens with one attached hydrogen (secondary N) is 1. The molecule has 7 heteroatoms. The highest BCUT2D eigenvalue weighted by Crippen LogP contribution is 2.20. The van der Waals surface area contributed by atoms with E-state index in [0.717, 1.165) is 6.42 Å². The van der Waals surface area contributed by atoms with Gasteiger partial charge in [0.25, 0.3) is 5.91 Å². The quantitative estimate of drug-likeness (QED) is 0.619. The molecule has 0 saturated carbocycles. The molecule has 6 nitrogen and oxygen atoms in total. The maximum atomic E-state index is 12.1. The minimum atomic E-state index is -0.927. The van der Waals surface area contributed by atoms with Crippen LogP contribution < -0.4 is 5.32 Å². The number of carbonyl (C=O) groups excluding carboxylic acids is 2. The highest BCUT2D eigenvalue weighted by atomic mass is 35.5. The van der Waals surface area contributed by atoms with Gasteiger partial charge in [0.1, 0.15) is 5.15 Å². The highest BCUT2D eigenvalue weighted by Gasteiger charge is 2.17. The monoisotopic (exact) mass is 375 g/mol. The van der Waals surface area contributed by atoms with Crippen LogP contribution in [-0.2, 0) is 27.8 Å². The Bertz CT molecular complexity index is 825. The van der Waals surface area contributed by atoms with Crippen molar-refractivity contribution >= 4 is 35.2 Å². The van der Waals surface area contributed by atoms with Crippen molar-refractivity contribution in [3.63, 3.8) is 0 Å². The molecule has 0 saturated heterocycles. The molecule has 1 heterocycles. The van der Waals surface area contributed by atoms with Gasteiger partial charge in [-0.05, 0) is 44.0 Å².